The maximum atomic E-state index is 12.7. The number of sulfonamides is 1. The van der Waals surface area contributed by atoms with Gasteiger partial charge < -0.3 is 10.2 Å². The number of benzene rings is 1. The van der Waals surface area contributed by atoms with E-state index in [9.17, 15) is 21.6 Å². The molecule has 1 fully saturated rings. The second kappa shape index (κ2) is 8.76. The van der Waals surface area contributed by atoms with E-state index in [1.165, 1.54) is 16.4 Å². The molecule has 1 aliphatic rings. The van der Waals surface area contributed by atoms with Crippen molar-refractivity contribution in [2.75, 3.05) is 42.9 Å². The third kappa shape index (κ3) is 5.39. The van der Waals surface area contributed by atoms with E-state index in [2.05, 4.69) is 15.3 Å². The Balaban J connectivity index is 1.64. The summed E-state index contributed by atoms with van der Waals surface area (Å²) in [5, 5.41) is 3.15. The lowest BCUT2D eigenvalue weighted by Gasteiger charge is -2.34. The van der Waals surface area contributed by atoms with Crippen LogP contribution < -0.4 is 10.2 Å². The van der Waals surface area contributed by atoms with Gasteiger partial charge in [-0.2, -0.15) is 22.5 Å². The van der Waals surface area contributed by atoms with E-state index >= 15 is 0 Å². The van der Waals surface area contributed by atoms with Crippen molar-refractivity contribution >= 4 is 21.8 Å². The number of aromatic nitrogens is 2. The van der Waals surface area contributed by atoms with Crippen molar-refractivity contribution in [2.24, 2.45) is 0 Å². The number of piperazine rings is 1. The van der Waals surface area contributed by atoms with Crippen LogP contribution in [-0.2, 0) is 22.0 Å². The van der Waals surface area contributed by atoms with Crippen molar-refractivity contribution in [2.45, 2.75) is 25.8 Å². The lowest BCUT2D eigenvalue weighted by atomic mass is 10.1. The van der Waals surface area contributed by atoms with E-state index in [1.54, 1.807) is 0 Å². The summed E-state index contributed by atoms with van der Waals surface area (Å²) in [5.41, 5.74) is 0.336. The number of nitrogens with zero attached hydrogens (tertiary/aromatic N) is 4. The molecule has 0 aliphatic carbocycles. The van der Waals surface area contributed by atoms with E-state index in [0.29, 0.717) is 24.6 Å². The molecule has 0 atom stereocenters. The Morgan fingerprint density at radius 3 is 2.27 bits per heavy atom. The van der Waals surface area contributed by atoms with E-state index < -0.39 is 21.8 Å². The molecule has 0 unspecified atom stereocenters. The van der Waals surface area contributed by atoms with Gasteiger partial charge in [-0.25, -0.2) is 13.4 Å². The topological polar surface area (TPSA) is 78.4 Å². The van der Waals surface area contributed by atoms with Crippen molar-refractivity contribution in [1.82, 2.24) is 14.3 Å². The van der Waals surface area contributed by atoms with E-state index in [1.807, 2.05) is 24.8 Å². The molecule has 0 radical (unpaired) electrons. The molecule has 2 aromatic rings. The molecular weight excluding hydrogens is 419 g/mol. The summed E-state index contributed by atoms with van der Waals surface area (Å²) in [7, 11) is -3.64. The first-order valence-corrected chi connectivity index (χ1v) is 11.2. The molecular formula is C19H24F3N5O2S. The van der Waals surface area contributed by atoms with Crippen molar-refractivity contribution in [3.8, 4) is 0 Å². The molecule has 0 spiro atoms. The average Bonchev–Trinajstić information content (AvgIpc) is 2.67. The summed E-state index contributed by atoms with van der Waals surface area (Å²) in [4.78, 5) is 10.8. The third-order valence-electron chi connectivity index (χ3n) is 4.75. The highest BCUT2D eigenvalue weighted by molar-refractivity contribution is 7.88. The third-order valence-corrected chi connectivity index (χ3v) is 6.60. The molecule has 1 aromatic heterocycles. The number of rotatable bonds is 6. The lowest BCUT2D eigenvalue weighted by Crippen LogP contribution is -2.49. The van der Waals surface area contributed by atoms with Crippen LogP contribution in [0.5, 0.6) is 0 Å². The normalized spacial score (nSPS) is 16.0. The van der Waals surface area contributed by atoms with Gasteiger partial charge in [0.05, 0.1) is 11.3 Å². The molecule has 164 valence electrons. The minimum Gasteiger partial charge on any atom is -0.370 e. The van der Waals surface area contributed by atoms with Gasteiger partial charge in [0.2, 0.25) is 16.0 Å². The Kier molecular flexibility index (Phi) is 6.51. The maximum absolute atomic E-state index is 12.7. The smallest absolute Gasteiger partial charge is 0.370 e. The summed E-state index contributed by atoms with van der Waals surface area (Å²) in [6.07, 6.45) is -4.45. The number of anilines is 2. The Labute approximate surface area is 174 Å². The number of hydrogen-bond acceptors (Lipinski definition) is 6. The number of alkyl halides is 3. The number of aryl methyl sites for hydroxylation is 1. The number of halogens is 3. The molecule has 1 N–H and O–H groups in total. The molecule has 0 saturated carbocycles. The van der Waals surface area contributed by atoms with Gasteiger partial charge in [0.15, 0.2) is 0 Å². The van der Waals surface area contributed by atoms with Gasteiger partial charge in [0.25, 0.3) is 0 Å². The zero-order valence-electron chi connectivity index (χ0n) is 16.8. The van der Waals surface area contributed by atoms with Crippen LogP contribution in [-0.4, -0.2) is 55.4 Å². The number of hydrogen-bond donors (Lipinski definition) is 1. The average molecular weight is 443 g/mol. The standard InChI is InChI=1S/C19H24F3N5O2S/c1-3-23-17-12-14(2)24-18(25-17)26-8-10-27(11-9-26)30(28,29)13-15-4-6-16(7-5-15)19(20,21)22/h4-7,12H,3,8-11,13H2,1-2H3,(H,23,24,25). The van der Waals surface area contributed by atoms with E-state index in [0.717, 1.165) is 30.2 Å². The van der Waals surface area contributed by atoms with Crippen molar-refractivity contribution in [3.05, 3.63) is 47.2 Å². The van der Waals surface area contributed by atoms with Crippen LogP contribution in [0.3, 0.4) is 0 Å². The van der Waals surface area contributed by atoms with Gasteiger partial charge >= 0.3 is 6.18 Å². The molecule has 2 heterocycles. The maximum Gasteiger partial charge on any atom is 0.416 e. The molecule has 11 heteroatoms. The first kappa shape index (κ1) is 22.3. The second-order valence-corrected chi connectivity index (χ2v) is 9.03. The van der Waals surface area contributed by atoms with Gasteiger partial charge in [-0.3, -0.25) is 0 Å². The minimum atomic E-state index is -4.45. The fourth-order valence-corrected chi connectivity index (χ4v) is 4.74. The summed E-state index contributed by atoms with van der Waals surface area (Å²) in [6.45, 7) is 5.95. The monoisotopic (exact) mass is 443 g/mol. The SMILES string of the molecule is CCNc1cc(C)nc(N2CCN(S(=O)(=O)Cc3ccc(C(F)(F)F)cc3)CC2)n1. The molecule has 1 aromatic carbocycles. The van der Waals surface area contributed by atoms with Crippen molar-refractivity contribution in [1.29, 1.82) is 0 Å². The summed E-state index contributed by atoms with van der Waals surface area (Å²) in [5.74, 6) is 0.930. The Morgan fingerprint density at radius 2 is 1.70 bits per heavy atom. The molecule has 0 bridgehead atoms. The Hall–Kier alpha value is -2.40. The highest BCUT2D eigenvalue weighted by Gasteiger charge is 2.31. The highest BCUT2D eigenvalue weighted by Crippen LogP contribution is 2.29. The lowest BCUT2D eigenvalue weighted by molar-refractivity contribution is -0.137. The summed E-state index contributed by atoms with van der Waals surface area (Å²) in [6, 6.07) is 6.07. The fraction of sp³-hybridized carbons (Fsp3) is 0.474. The van der Waals surface area contributed by atoms with Gasteiger partial charge in [-0.1, -0.05) is 12.1 Å². The molecule has 0 amide bonds. The predicted octanol–water partition coefficient (Wildman–Crippen LogP) is 2.89. The highest BCUT2D eigenvalue weighted by atomic mass is 32.2. The van der Waals surface area contributed by atoms with Gasteiger partial charge in [0.1, 0.15) is 5.82 Å². The van der Waals surface area contributed by atoms with Crippen molar-refractivity contribution < 1.29 is 21.6 Å². The quantitative estimate of drug-likeness (QED) is 0.740. The summed E-state index contributed by atoms with van der Waals surface area (Å²) >= 11 is 0. The van der Waals surface area contributed by atoms with Gasteiger partial charge in [-0.05, 0) is 31.5 Å². The van der Waals surface area contributed by atoms with Gasteiger partial charge in [0, 0.05) is 44.5 Å². The van der Waals surface area contributed by atoms with Crippen LogP contribution in [0.25, 0.3) is 0 Å². The molecule has 30 heavy (non-hydrogen) atoms. The molecule has 3 rings (SSSR count). The number of nitrogens with one attached hydrogen (secondary N) is 1. The predicted molar refractivity (Wildman–Crippen MR) is 109 cm³/mol. The zero-order valence-corrected chi connectivity index (χ0v) is 17.6. The van der Waals surface area contributed by atoms with Crippen molar-refractivity contribution in [3.63, 3.8) is 0 Å². The molecule has 1 aliphatic heterocycles. The second-order valence-electron chi connectivity index (χ2n) is 7.06. The molecule has 1 saturated heterocycles. The first-order valence-electron chi connectivity index (χ1n) is 9.57. The first-order chi connectivity index (χ1) is 14.1. The minimum absolute atomic E-state index is 0.261. The Morgan fingerprint density at radius 1 is 1.07 bits per heavy atom. The van der Waals surface area contributed by atoms with Crippen LogP contribution >= 0.6 is 0 Å². The zero-order chi connectivity index (χ0) is 21.9. The van der Waals surface area contributed by atoms with Gasteiger partial charge in [-0.15, -0.1) is 0 Å². The van der Waals surface area contributed by atoms with Crippen LogP contribution in [0.1, 0.15) is 23.7 Å². The Bertz CT molecular complexity index is 973. The molecule has 7 nitrogen and oxygen atoms in total. The van der Waals surface area contributed by atoms with Crippen LogP contribution in [0.15, 0.2) is 30.3 Å². The van der Waals surface area contributed by atoms with Crippen LogP contribution in [0.4, 0.5) is 24.9 Å². The van der Waals surface area contributed by atoms with Crippen LogP contribution in [0.2, 0.25) is 0 Å². The van der Waals surface area contributed by atoms with Crippen LogP contribution in [0, 0.1) is 6.92 Å². The van der Waals surface area contributed by atoms with E-state index in [4.69, 9.17) is 0 Å². The summed E-state index contributed by atoms with van der Waals surface area (Å²) < 4.78 is 64.8. The van der Waals surface area contributed by atoms with E-state index in [-0.39, 0.29) is 18.8 Å². The fourth-order valence-electron chi connectivity index (χ4n) is 3.22. The largest absolute Gasteiger partial charge is 0.416 e.